The van der Waals surface area contributed by atoms with Crippen molar-refractivity contribution in [3.63, 3.8) is 0 Å². The minimum atomic E-state index is 0.0165. The van der Waals surface area contributed by atoms with Crippen LogP contribution in [0.25, 0.3) is 0 Å². The lowest BCUT2D eigenvalue weighted by molar-refractivity contribution is -0.122. The van der Waals surface area contributed by atoms with Crippen molar-refractivity contribution in [2.24, 2.45) is 5.41 Å². The van der Waals surface area contributed by atoms with Gasteiger partial charge in [0.1, 0.15) is 0 Å². The Morgan fingerprint density at radius 3 is 2.71 bits per heavy atom. The molecule has 0 unspecified atom stereocenters. The SMILES string of the molecule is CN1C(=O)Cc2cc(CCNC(=O)CC(C)(C)C)ccc21. The van der Waals surface area contributed by atoms with Gasteiger partial charge in [-0.1, -0.05) is 32.9 Å². The van der Waals surface area contributed by atoms with Crippen LogP contribution in [0.3, 0.4) is 0 Å². The van der Waals surface area contributed by atoms with E-state index in [9.17, 15) is 9.59 Å². The lowest BCUT2D eigenvalue weighted by Crippen LogP contribution is -2.29. The minimum absolute atomic E-state index is 0.0165. The first-order valence-corrected chi connectivity index (χ1v) is 7.41. The Labute approximate surface area is 126 Å². The summed E-state index contributed by atoms with van der Waals surface area (Å²) in [5.41, 5.74) is 3.26. The van der Waals surface area contributed by atoms with Gasteiger partial charge in [0, 0.05) is 25.7 Å². The zero-order valence-electron chi connectivity index (χ0n) is 13.3. The Kier molecular flexibility index (Phi) is 4.35. The summed E-state index contributed by atoms with van der Waals surface area (Å²) in [6.45, 7) is 6.80. The van der Waals surface area contributed by atoms with Gasteiger partial charge in [0.15, 0.2) is 0 Å². The van der Waals surface area contributed by atoms with Crippen LogP contribution in [0.2, 0.25) is 0 Å². The highest BCUT2D eigenvalue weighted by Gasteiger charge is 2.23. The first kappa shape index (κ1) is 15.5. The van der Waals surface area contributed by atoms with E-state index in [0.717, 1.165) is 23.2 Å². The molecule has 2 rings (SSSR count). The highest BCUT2D eigenvalue weighted by atomic mass is 16.2. The van der Waals surface area contributed by atoms with Crippen LogP contribution in [0, 0.1) is 5.41 Å². The number of carbonyl (C=O) groups is 2. The lowest BCUT2D eigenvalue weighted by Gasteiger charge is -2.17. The molecule has 0 bridgehead atoms. The van der Waals surface area contributed by atoms with Gasteiger partial charge in [0.2, 0.25) is 11.8 Å². The third-order valence-corrected chi connectivity index (χ3v) is 3.65. The quantitative estimate of drug-likeness (QED) is 0.924. The van der Waals surface area contributed by atoms with Gasteiger partial charge in [0.25, 0.3) is 0 Å². The van der Waals surface area contributed by atoms with Gasteiger partial charge >= 0.3 is 0 Å². The molecular formula is C17H24N2O2. The Bertz CT molecular complexity index is 558. The smallest absolute Gasteiger partial charge is 0.231 e. The van der Waals surface area contributed by atoms with Gasteiger partial charge in [-0.05, 0) is 29.0 Å². The molecule has 4 nitrogen and oxygen atoms in total. The van der Waals surface area contributed by atoms with E-state index in [-0.39, 0.29) is 17.2 Å². The van der Waals surface area contributed by atoms with E-state index in [4.69, 9.17) is 0 Å². The second-order valence-corrected chi connectivity index (χ2v) is 6.93. The van der Waals surface area contributed by atoms with Gasteiger partial charge in [-0.15, -0.1) is 0 Å². The summed E-state index contributed by atoms with van der Waals surface area (Å²) in [6, 6.07) is 6.10. The molecule has 2 amide bonds. The highest BCUT2D eigenvalue weighted by Crippen LogP contribution is 2.28. The summed E-state index contributed by atoms with van der Waals surface area (Å²) in [5.74, 6) is 0.235. The molecule has 1 aromatic rings. The third-order valence-electron chi connectivity index (χ3n) is 3.65. The maximum atomic E-state index is 11.8. The van der Waals surface area contributed by atoms with E-state index in [1.54, 1.807) is 11.9 Å². The van der Waals surface area contributed by atoms with Crippen molar-refractivity contribution >= 4 is 17.5 Å². The number of amides is 2. The fraction of sp³-hybridized carbons (Fsp3) is 0.529. The summed E-state index contributed by atoms with van der Waals surface area (Å²) in [5, 5.41) is 2.96. The largest absolute Gasteiger partial charge is 0.356 e. The molecule has 0 fully saturated rings. The number of rotatable bonds is 4. The summed E-state index contributed by atoms with van der Waals surface area (Å²) >= 11 is 0. The summed E-state index contributed by atoms with van der Waals surface area (Å²) in [6.07, 6.45) is 1.81. The molecule has 0 atom stereocenters. The van der Waals surface area contributed by atoms with Crippen molar-refractivity contribution in [2.45, 2.75) is 40.0 Å². The monoisotopic (exact) mass is 288 g/mol. The van der Waals surface area contributed by atoms with Crippen LogP contribution >= 0.6 is 0 Å². The van der Waals surface area contributed by atoms with Crippen LogP contribution in [0.4, 0.5) is 5.69 Å². The normalized spacial score (nSPS) is 14.3. The molecule has 0 saturated carbocycles. The summed E-state index contributed by atoms with van der Waals surface area (Å²) < 4.78 is 0. The molecule has 0 radical (unpaired) electrons. The Morgan fingerprint density at radius 2 is 2.05 bits per heavy atom. The molecule has 0 saturated heterocycles. The molecular weight excluding hydrogens is 264 g/mol. The second kappa shape index (κ2) is 5.88. The van der Waals surface area contributed by atoms with Crippen LogP contribution in [-0.2, 0) is 22.4 Å². The second-order valence-electron chi connectivity index (χ2n) is 6.93. The molecule has 1 aliphatic heterocycles. The number of fused-ring (bicyclic) bond motifs is 1. The Balaban J connectivity index is 1.87. The maximum absolute atomic E-state index is 11.8. The third kappa shape index (κ3) is 4.06. The zero-order valence-corrected chi connectivity index (χ0v) is 13.3. The van der Waals surface area contributed by atoms with Crippen molar-refractivity contribution < 1.29 is 9.59 Å². The van der Waals surface area contributed by atoms with Gasteiger partial charge in [0.05, 0.1) is 6.42 Å². The fourth-order valence-electron chi connectivity index (χ4n) is 2.57. The average Bonchev–Trinajstić information content (AvgIpc) is 2.62. The maximum Gasteiger partial charge on any atom is 0.231 e. The van der Waals surface area contributed by atoms with Crippen molar-refractivity contribution in [1.29, 1.82) is 0 Å². The first-order valence-electron chi connectivity index (χ1n) is 7.41. The van der Waals surface area contributed by atoms with Crippen LogP contribution in [0.1, 0.15) is 38.3 Å². The Hall–Kier alpha value is -1.84. The summed E-state index contributed by atoms with van der Waals surface area (Å²) in [4.78, 5) is 25.1. The number of likely N-dealkylation sites (N-methyl/N-ethyl adjacent to an activating group) is 1. The molecule has 1 aliphatic rings. The fourth-order valence-corrected chi connectivity index (χ4v) is 2.57. The molecule has 0 aromatic heterocycles. The number of benzene rings is 1. The molecule has 1 aromatic carbocycles. The van der Waals surface area contributed by atoms with Crippen LogP contribution in [0.15, 0.2) is 18.2 Å². The number of anilines is 1. The Morgan fingerprint density at radius 1 is 1.33 bits per heavy atom. The molecule has 4 heteroatoms. The van der Waals surface area contributed by atoms with Crippen molar-refractivity contribution in [3.05, 3.63) is 29.3 Å². The topological polar surface area (TPSA) is 49.4 Å². The van der Waals surface area contributed by atoms with Gasteiger partial charge in [-0.2, -0.15) is 0 Å². The van der Waals surface area contributed by atoms with Crippen LogP contribution < -0.4 is 10.2 Å². The zero-order chi connectivity index (χ0) is 15.6. The molecule has 0 aliphatic carbocycles. The van der Waals surface area contributed by atoms with E-state index >= 15 is 0 Å². The number of hydrogen-bond acceptors (Lipinski definition) is 2. The molecule has 1 N–H and O–H groups in total. The van der Waals surface area contributed by atoms with E-state index < -0.39 is 0 Å². The first-order chi connectivity index (χ1) is 9.76. The predicted octanol–water partition coefficient (Wildman–Crippen LogP) is 2.30. The predicted molar refractivity (Wildman–Crippen MR) is 84.3 cm³/mol. The lowest BCUT2D eigenvalue weighted by atomic mass is 9.92. The number of hydrogen-bond donors (Lipinski definition) is 1. The number of nitrogens with one attached hydrogen (secondary N) is 1. The average molecular weight is 288 g/mol. The molecule has 21 heavy (non-hydrogen) atoms. The van der Waals surface area contributed by atoms with E-state index in [2.05, 4.69) is 32.2 Å². The molecule has 114 valence electrons. The molecule has 0 spiro atoms. The van der Waals surface area contributed by atoms with Gasteiger partial charge in [-0.25, -0.2) is 0 Å². The van der Waals surface area contributed by atoms with Crippen LogP contribution in [0.5, 0.6) is 0 Å². The van der Waals surface area contributed by atoms with Crippen molar-refractivity contribution in [2.75, 3.05) is 18.5 Å². The van der Waals surface area contributed by atoms with Crippen LogP contribution in [-0.4, -0.2) is 25.4 Å². The number of nitrogens with zero attached hydrogens (tertiary/aromatic N) is 1. The van der Waals surface area contributed by atoms with Crippen molar-refractivity contribution in [1.82, 2.24) is 5.32 Å². The molecule has 1 heterocycles. The standard InChI is InChI=1S/C17H24N2O2/c1-17(2,3)11-15(20)18-8-7-12-5-6-14-13(9-12)10-16(21)19(14)4/h5-6,9H,7-8,10-11H2,1-4H3,(H,18,20). The number of carbonyl (C=O) groups excluding carboxylic acids is 2. The van der Waals surface area contributed by atoms with Crippen molar-refractivity contribution in [3.8, 4) is 0 Å². The van der Waals surface area contributed by atoms with E-state index in [1.807, 2.05) is 12.1 Å². The van der Waals surface area contributed by atoms with Gasteiger partial charge in [-0.3, -0.25) is 9.59 Å². The minimum Gasteiger partial charge on any atom is -0.356 e. The highest BCUT2D eigenvalue weighted by molar-refractivity contribution is 6.00. The summed E-state index contributed by atoms with van der Waals surface area (Å²) in [7, 11) is 1.81. The van der Waals surface area contributed by atoms with Gasteiger partial charge < -0.3 is 10.2 Å². The van der Waals surface area contributed by atoms with E-state index in [0.29, 0.717) is 19.4 Å². The van der Waals surface area contributed by atoms with E-state index in [1.165, 1.54) is 0 Å².